The van der Waals surface area contributed by atoms with Gasteiger partial charge in [-0.1, -0.05) is 50.1 Å². The summed E-state index contributed by atoms with van der Waals surface area (Å²) in [7, 11) is 3.34. The zero-order valence-electron chi connectivity index (χ0n) is 11.8. The lowest BCUT2D eigenvalue weighted by Gasteiger charge is -2.19. The Kier molecular flexibility index (Phi) is 5.42. The first-order valence-corrected chi connectivity index (χ1v) is 7.94. The SMILES string of the molecule is COc1cc(Br)ccc1C(=O)N(C)Cc1ccccc1Br. The van der Waals surface area contributed by atoms with Crippen LogP contribution in [0, 0.1) is 0 Å². The number of hydrogen-bond donors (Lipinski definition) is 0. The first kappa shape index (κ1) is 16.0. The maximum Gasteiger partial charge on any atom is 0.257 e. The van der Waals surface area contributed by atoms with E-state index in [1.165, 1.54) is 0 Å². The van der Waals surface area contributed by atoms with Gasteiger partial charge in [-0.3, -0.25) is 4.79 Å². The number of carbonyl (C=O) groups excluding carboxylic acids is 1. The molecule has 1 amide bonds. The maximum atomic E-state index is 12.6. The molecule has 0 bridgehead atoms. The van der Waals surface area contributed by atoms with Crippen molar-refractivity contribution in [3.63, 3.8) is 0 Å². The summed E-state index contributed by atoms with van der Waals surface area (Å²) in [6, 6.07) is 13.3. The van der Waals surface area contributed by atoms with E-state index in [4.69, 9.17) is 4.74 Å². The molecule has 0 aliphatic heterocycles. The molecule has 0 unspecified atom stereocenters. The molecule has 0 radical (unpaired) electrons. The van der Waals surface area contributed by atoms with Crippen LogP contribution in [-0.2, 0) is 6.54 Å². The van der Waals surface area contributed by atoms with E-state index in [-0.39, 0.29) is 5.91 Å². The van der Waals surface area contributed by atoms with Crippen molar-refractivity contribution in [2.24, 2.45) is 0 Å². The number of benzene rings is 2. The van der Waals surface area contributed by atoms with Gasteiger partial charge in [0.2, 0.25) is 0 Å². The third-order valence-corrected chi connectivity index (χ3v) is 4.37. The summed E-state index contributed by atoms with van der Waals surface area (Å²) in [4.78, 5) is 14.2. The second-order valence-electron chi connectivity index (χ2n) is 4.60. The lowest BCUT2D eigenvalue weighted by atomic mass is 10.1. The van der Waals surface area contributed by atoms with Gasteiger partial charge in [-0.15, -0.1) is 0 Å². The fourth-order valence-corrected chi connectivity index (χ4v) is 2.75. The van der Waals surface area contributed by atoms with Crippen molar-refractivity contribution in [1.29, 1.82) is 0 Å². The van der Waals surface area contributed by atoms with Gasteiger partial charge in [0.25, 0.3) is 5.91 Å². The smallest absolute Gasteiger partial charge is 0.257 e. The molecule has 0 fully saturated rings. The minimum Gasteiger partial charge on any atom is -0.496 e. The topological polar surface area (TPSA) is 29.5 Å². The molecule has 0 aromatic heterocycles. The predicted molar refractivity (Wildman–Crippen MR) is 90.6 cm³/mol. The Balaban J connectivity index is 2.22. The van der Waals surface area contributed by atoms with Crippen molar-refractivity contribution in [2.75, 3.05) is 14.2 Å². The fraction of sp³-hybridized carbons (Fsp3) is 0.188. The highest BCUT2D eigenvalue weighted by Crippen LogP contribution is 2.25. The summed E-state index contributed by atoms with van der Waals surface area (Å²) in [6.07, 6.45) is 0. The largest absolute Gasteiger partial charge is 0.496 e. The number of halogens is 2. The Morgan fingerprint density at radius 2 is 1.90 bits per heavy atom. The predicted octanol–water partition coefficient (Wildman–Crippen LogP) is 4.49. The van der Waals surface area contributed by atoms with Crippen molar-refractivity contribution in [1.82, 2.24) is 4.90 Å². The van der Waals surface area contributed by atoms with Crippen LogP contribution >= 0.6 is 31.9 Å². The number of ether oxygens (including phenoxy) is 1. The minimum atomic E-state index is -0.0740. The lowest BCUT2D eigenvalue weighted by molar-refractivity contribution is 0.0781. The number of carbonyl (C=O) groups is 1. The summed E-state index contributed by atoms with van der Waals surface area (Å²) >= 11 is 6.87. The number of rotatable bonds is 4. The van der Waals surface area contributed by atoms with E-state index in [0.29, 0.717) is 17.9 Å². The quantitative estimate of drug-likeness (QED) is 0.740. The normalized spacial score (nSPS) is 10.3. The molecule has 0 saturated carbocycles. The monoisotopic (exact) mass is 411 g/mol. The van der Waals surface area contributed by atoms with Crippen molar-refractivity contribution in [3.8, 4) is 5.75 Å². The number of methoxy groups -OCH3 is 1. The Hall–Kier alpha value is -1.33. The molecule has 0 aliphatic rings. The molecule has 2 rings (SSSR count). The number of hydrogen-bond acceptors (Lipinski definition) is 2. The van der Waals surface area contributed by atoms with Gasteiger partial charge in [0.05, 0.1) is 12.7 Å². The summed E-state index contributed by atoms with van der Waals surface area (Å²) < 4.78 is 7.16. The van der Waals surface area contributed by atoms with Crippen molar-refractivity contribution < 1.29 is 9.53 Å². The van der Waals surface area contributed by atoms with E-state index in [1.54, 1.807) is 31.2 Å². The Labute approximate surface area is 141 Å². The third kappa shape index (κ3) is 3.86. The van der Waals surface area contributed by atoms with Gasteiger partial charge >= 0.3 is 0 Å². The third-order valence-electron chi connectivity index (χ3n) is 3.11. The molecular weight excluding hydrogens is 398 g/mol. The molecule has 0 aliphatic carbocycles. The van der Waals surface area contributed by atoms with Crippen LogP contribution in [0.25, 0.3) is 0 Å². The van der Waals surface area contributed by atoms with E-state index >= 15 is 0 Å². The lowest BCUT2D eigenvalue weighted by Crippen LogP contribution is -2.26. The van der Waals surface area contributed by atoms with Gasteiger partial charge in [-0.05, 0) is 29.8 Å². The summed E-state index contributed by atoms with van der Waals surface area (Å²) in [5, 5.41) is 0. The Bertz CT molecular complexity index is 658. The molecule has 0 spiro atoms. The molecule has 0 atom stereocenters. The van der Waals surface area contributed by atoms with Gasteiger partial charge in [-0.25, -0.2) is 0 Å². The van der Waals surface area contributed by atoms with E-state index in [1.807, 2.05) is 30.3 Å². The second-order valence-corrected chi connectivity index (χ2v) is 6.37. The molecule has 0 heterocycles. The molecule has 3 nitrogen and oxygen atoms in total. The highest BCUT2D eigenvalue weighted by atomic mass is 79.9. The van der Waals surface area contributed by atoms with Gasteiger partial charge in [0.1, 0.15) is 5.75 Å². The molecule has 2 aromatic carbocycles. The Morgan fingerprint density at radius 3 is 2.57 bits per heavy atom. The zero-order valence-corrected chi connectivity index (χ0v) is 14.9. The first-order chi connectivity index (χ1) is 10.0. The van der Waals surface area contributed by atoms with Crippen LogP contribution in [0.4, 0.5) is 0 Å². The summed E-state index contributed by atoms with van der Waals surface area (Å²) in [5.74, 6) is 0.489. The Morgan fingerprint density at radius 1 is 1.19 bits per heavy atom. The molecule has 5 heteroatoms. The van der Waals surface area contributed by atoms with Crippen LogP contribution in [0.3, 0.4) is 0 Å². The van der Waals surface area contributed by atoms with Crippen LogP contribution in [0.1, 0.15) is 15.9 Å². The minimum absolute atomic E-state index is 0.0740. The second kappa shape index (κ2) is 7.09. The molecule has 110 valence electrons. The van der Waals surface area contributed by atoms with Gasteiger partial charge in [0.15, 0.2) is 0 Å². The van der Waals surface area contributed by atoms with Crippen molar-refractivity contribution >= 4 is 37.8 Å². The van der Waals surface area contributed by atoms with Crippen molar-refractivity contribution in [2.45, 2.75) is 6.54 Å². The van der Waals surface area contributed by atoms with Crippen LogP contribution < -0.4 is 4.74 Å². The molecule has 21 heavy (non-hydrogen) atoms. The van der Waals surface area contributed by atoms with E-state index in [9.17, 15) is 4.79 Å². The van der Waals surface area contributed by atoms with Crippen LogP contribution in [-0.4, -0.2) is 25.0 Å². The number of amides is 1. The fourth-order valence-electron chi connectivity index (χ4n) is 2.00. The molecule has 2 aromatic rings. The van der Waals surface area contributed by atoms with Crippen LogP contribution in [0.2, 0.25) is 0 Å². The summed E-state index contributed by atoms with van der Waals surface area (Å²) in [6.45, 7) is 0.527. The van der Waals surface area contributed by atoms with Crippen molar-refractivity contribution in [3.05, 3.63) is 62.5 Å². The molecule has 0 N–H and O–H groups in total. The van der Waals surface area contributed by atoms with Gasteiger partial charge < -0.3 is 9.64 Å². The molecule has 0 saturated heterocycles. The zero-order chi connectivity index (χ0) is 15.4. The highest BCUT2D eigenvalue weighted by Gasteiger charge is 2.17. The standard InChI is InChI=1S/C16H15Br2NO2/c1-19(10-11-5-3-4-6-14(11)18)16(20)13-8-7-12(17)9-15(13)21-2/h3-9H,10H2,1-2H3. The van der Waals surface area contributed by atoms with Crippen LogP contribution in [0.15, 0.2) is 51.4 Å². The van der Waals surface area contributed by atoms with E-state index in [2.05, 4.69) is 31.9 Å². The molecular formula is C16H15Br2NO2. The van der Waals surface area contributed by atoms with Gasteiger partial charge in [-0.2, -0.15) is 0 Å². The number of nitrogens with zero attached hydrogens (tertiary/aromatic N) is 1. The highest BCUT2D eigenvalue weighted by molar-refractivity contribution is 9.10. The van der Waals surface area contributed by atoms with E-state index in [0.717, 1.165) is 14.5 Å². The summed E-state index contributed by atoms with van der Waals surface area (Å²) in [5.41, 5.74) is 1.61. The van der Waals surface area contributed by atoms with Gasteiger partial charge in [0, 0.05) is 22.5 Å². The van der Waals surface area contributed by atoms with Crippen LogP contribution in [0.5, 0.6) is 5.75 Å². The average molecular weight is 413 g/mol. The van der Waals surface area contributed by atoms with E-state index < -0.39 is 0 Å². The first-order valence-electron chi connectivity index (χ1n) is 6.35. The average Bonchev–Trinajstić information content (AvgIpc) is 2.48. The maximum absolute atomic E-state index is 12.6.